The molecule has 0 aliphatic rings. The zero-order valence-electron chi connectivity index (χ0n) is 12.7. The van der Waals surface area contributed by atoms with E-state index in [9.17, 15) is 20.1 Å². The number of ether oxygens (including phenoxy) is 1. The van der Waals surface area contributed by atoms with Gasteiger partial charge in [-0.05, 0) is 36.8 Å². The number of aliphatic hydroxyl groups is 2. The van der Waals surface area contributed by atoms with Crippen molar-refractivity contribution in [3.05, 3.63) is 59.4 Å². The molecule has 0 aliphatic heterocycles. The number of allylic oxidation sites excluding steroid dienone is 1. The number of carbonyl (C=O) groups is 1. The quantitative estimate of drug-likeness (QED) is 0.299. The largest absolute Gasteiger partial charge is 0.504 e. The molecule has 0 fully saturated rings. The maximum absolute atomic E-state index is 10.8. The SMILES string of the molecule is CO.Cc1ccccc1O/C(=C(/O)C=O)c1ccc(O)c(O)c1. The number of phenols is 2. The van der Waals surface area contributed by atoms with Crippen LogP contribution in [0, 0.1) is 6.92 Å². The number of rotatable bonds is 4. The first-order valence-corrected chi connectivity index (χ1v) is 6.62. The van der Waals surface area contributed by atoms with Gasteiger partial charge in [0.1, 0.15) is 5.75 Å². The Kier molecular flexibility index (Phi) is 6.64. The fourth-order valence-electron chi connectivity index (χ4n) is 1.76. The summed E-state index contributed by atoms with van der Waals surface area (Å²) in [6.45, 7) is 1.82. The van der Waals surface area contributed by atoms with Crippen LogP contribution in [0.5, 0.6) is 17.2 Å². The molecule has 6 heteroatoms. The number of aromatic hydroxyl groups is 2. The summed E-state index contributed by atoms with van der Waals surface area (Å²) in [5, 5.41) is 35.6. The van der Waals surface area contributed by atoms with Crippen molar-refractivity contribution in [2.24, 2.45) is 0 Å². The van der Waals surface area contributed by atoms with E-state index in [1.165, 1.54) is 18.2 Å². The minimum atomic E-state index is -0.608. The van der Waals surface area contributed by atoms with E-state index in [1.54, 1.807) is 12.1 Å². The van der Waals surface area contributed by atoms with Crippen molar-refractivity contribution in [3.63, 3.8) is 0 Å². The number of aldehydes is 1. The van der Waals surface area contributed by atoms with Crippen LogP contribution >= 0.6 is 0 Å². The first-order valence-electron chi connectivity index (χ1n) is 6.62. The fourth-order valence-corrected chi connectivity index (χ4v) is 1.76. The minimum absolute atomic E-state index is 0.102. The van der Waals surface area contributed by atoms with Gasteiger partial charge in [-0.25, -0.2) is 0 Å². The smallest absolute Gasteiger partial charge is 0.199 e. The summed E-state index contributed by atoms with van der Waals surface area (Å²) >= 11 is 0. The van der Waals surface area contributed by atoms with Crippen molar-refractivity contribution in [1.82, 2.24) is 0 Å². The number of carbonyl (C=O) groups excluding carboxylic acids is 1. The molecule has 6 nitrogen and oxygen atoms in total. The van der Waals surface area contributed by atoms with Crippen LogP contribution < -0.4 is 4.74 Å². The monoisotopic (exact) mass is 318 g/mol. The number of benzene rings is 2. The van der Waals surface area contributed by atoms with Gasteiger partial charge in [-0.15, -0.1) is 0 Å². The molecular formula is C17H18O6. The highest BCUT2D eigenvalue weighted by Gasteiger charge is 2.14. The van der Waals surface area contributed by atoms with Gasteiger partial charge in [0.25, 0.3) is 0 Å². The second-order valence-corrected chi connectivity index (χ2v) is 4.40. The molecule has 0 bridgehead atoms. The molecule has 0 heterocycles. The first-order chi connectivity index (χ1) is 11.0. The zero-order valence-corrected chi connectivity index (χ0v) is 12.7. The molecule has 0 amide bonds. The van der Waals surface area contributed by atoms with Gasteiger partial charge < -0.3 is 25.2 Å². The third-order valence-electron chi connectivity index (χ3n) is 2.89. The molecular weight excluding hydrogens is 300 g/mol. The Bertz CT molecular complexity index is 706. The summed E-state index contributed by atoms with van der Waals surface area (Å²) in [5.41, 5.74) is 1.08. The number of hydrogen-bond donors (Lipinski definition) is 4. The summed E-state index contributed by atoms with van der Waals surface area (Å²) in [7, 11) is 1.00. The van der Waals surface area contributed by atoms with Crippen molar-refractivity contribution in [1.29, 1.82) is 0 Å². The normalized spacial score (nSPS) is 10.9. The lowest BCUT2D eigenvalue weighted by Crippen LogP contribution is -2.02. The molecule has 0 unspecified atom stereocenters. The maximum atomic E-state index is 10.8. The van der Waals surface area contributed by atoms with Crippen molar-refractivity contribution < 1.29 is 30.0 Å². The molecule has 122 valence electrons. The predicted octanol–water partition coefficient (Wildman–Crippen LogP) is 2.52. The van der Waals surface area contributed by atoms with Gasteiger partial charge in [-0.2, -0.15) is 0 Å². The Morgan fingerprint density at radius 1 is 1.04 bits per heavy atom. The van der Waals surface area contributed by atoms with Crippen LogP contribution in [0.4, 0.5) is 0 Å². The standard InChI is InChI=1S/C16H14O5.CH4O/c1-10-4-2-3-5-15(10)21-16(14(20)9-17)11-6-7-12(18)13(19)8-11;1-2/h2-9,18-20H,1H3;2H,1H3/b16-14+;. The van der Waals surface area contributed by atoms with Gasteiger partial charge in [0.05, 0.1) is 0 Å². The van der Waals surface area contributed by atoms with Crippen LogP contribution in [0.1, 0.15) is 11.1 Å². The molecule has 0 saturated carbocycles. The molecule has 0 atom stereocenters. The number of phenolic OH excluding ortho intramolecular Hbond substituents is 2. The topological polar surface area (TPSA) is 107 Å². The van der Waals surface area contributed by atoms with Gasteiger partial charge in [0, 0.05) is 12.7 Å². The van der Waals surface area contributed by atoms with E-state index in [1.807, 2.05) is 19.1 Å². The molecule has 0 spiro atoms. The summed E-state index contributed by atoms with van der Waals surface area (Å²) in [4.78, 5) is 10.8. The van der Waals surface area contributed by atoms with E-state index in [0.29, 0.717) is 5.75 Å². The van der Waals surface area contributed by atoms with Crippen LogP contribution in [0.3, 0.4) is 0 Å². The first kappa shape index (κ1) is 18.1. The highest BCUT2D eigenvalue weighted by molar-refractivity contribution is 5.84. The number of para-hydroxylation sites is 1. The number of hydrogen-bond acceptors (Lipinski definition) is 6. The molecule has 0 aromatic heterocycles. The van der Waals surface area contributed by atoms with Crippen molar-refractivity contribution >= 4 is 12.0 Å². The third-order valence-corrected chi connectivity index (χ3v) is 2.89. The molecule has 4 N–H and O–H groups in total. The van der Waals surface area contributed by atoms with Gasteiger partial charge in [-0.3, -0.25) is 4.79 Å². The summed E-state index contributed by atoms with van der Waals surface area (Å²) in [6.07, 6.45) is 0.248. The van der Waals surface area contributed by atoms with E-state index in [-0.39, 0.29) is 29.1 Å². The zero-order chi connectivity index (χ0) is 17.4. The molecule has 23 heavy (non-hydrogen) atoms. The van der Waals surface area contributed by atoms with Crippen LogP contribution in [-0.4, -0.2) is 33.8 Å². The highest BCUT2D eigenvalue weighted by Crippen LogP contribution is 2.31. The molecule has 2 rings (SSSR count). The van der Waals surface area contributed by atoms with Crippen molar-refractivity contribution in [2.45, 2.75) is 6.92 Å². The van der Waals surface area contributed by atoms with Gasteiger partial charge in [0.2, 0.25) is 0 Å². The van der Waals surface area contributed by atoms with Gasteiger partial charge in [-0.1, -0.05) is 18.2 Å². The van der Waals surface area contributed by atoms with Crippen LogP contribution in [0.25, 0.3) is 5.76 Å². The molecule has 0 aliphatic carbocycles. The Balaban J connectivity index is 0.00000127. The molecule has 2 aromatic rings. The average Bonchev–Trinajstić information content (AvgIpc) is 2.58. The molecule has 0 radical (unpaired) electrons. The molecule has 0 saturated heterocycles. The van der Waals surface area contributed by atoms with Crippen molar-refractivity contribution in [2.75, 3.05) is 7.11 Å². The Morgan fingerprint density at radius 3 is 2.26 bits per heavy atom. The number of aliphatic hydroxyl groups excluding tert-OH is 2. The Morgan fingerprint density at radius 2 is 1.70 bits per heavy atom. The van der Waals surface area contributed by atoms with E-state index in [0.717, 1.165) is 12.7 Å². The lowest BCUT2D eigenvalue weighted by molar-refractivity contribution is -0.107. The van der Waals surface area contributed by atoms with Crippen LogP contribution in [0.15, 0.2) is 48.2 Å². The highest BCUT2D eigenvalue weighted by atomic mass is 16.5. The van der Waals surface area contributed by atoms with Gasteiger partial charge in [0.15, 0.2) is 29.3 Å². The Labute approximate surface area is 133 Å². The summed E-state index contributed by atoms with van der Waals surface area (Å²) < 4.78 is 5.58. The predicted molar refractivity (Wildman–Crippen MR) is 85.3 cm³/mol. The van der Waals surface area contributed by atoms with Gasteiger partial charge >= 0.3 is 0 Å². The fraction of sp³-hybridized carbons (Fsp3) is 0.118. The van der Waals surface area contributed by atoms with E-state index in [2.05, 4.69) is 0 Å². The van der Waals surface area contributed by atoms with E-state index >= 15 is 0 Å². The number of aryl methyl sites for hydroxylation is 1. The maximum Gasteiger partial charge on any atom is 0.199 e. The van der Waals surface area contributed by atoms with E-state index in [4.69, 9.17) is 9.84 Å². The second-order valence-electron chi connectivity index (χ2n) is 4.40. The summed E-state index contributed by atoms with van der Waals surface area (Å²) in [6, 6.07) is 11.0. The minimum Gasteiger partial charge on any atom is -0.504 e. The van der Waals surface area contributed by atoms with Crippen LogP contribution in [-0.2, 0) is 4.79 Å². The summed E-state index contributed by atoms with van der Waals surface area (Å²) in [5.74, 6) is -0.928. The second kappa shape index (κ2) is 8.45. The van der Waals surface area contributed by atoms with E-state index < -0.39 is 5.76 Å². The van der Waals surface area contributed by atoms with Crippen molar-refractivity contribution in [3.8, 4) is 17.2 Å². The Hall–Kier alpha value is -2.99. The van der Waals surface area contributed by atoms with Crippen LogP contribution in [0.2, 0.25) is 0 Å². The molecule has 2 aromatic carbocycles. The average molecular weight is 318 g/mol. The third kappa shape index (κ3) is 4.49. The lowest BCUT2D eigenvalue weighted by atomic mass is 10.1. The lowest BCUT2D eigenvalue weighted by Gasteiger charge is -2.13.